The molecule has 0 N–H and O–H groups in total. The lowest BCUT2D eigenvalue weighted by atomic mass is 10.2. The minimum Gasteiger partial charge on any atom is -0.497 e. The molecule has 1 aliphatic carbocycles. The Labute approximate surface area is 119 Å². The second-order valence-electron chi connectivity index (χ2n) is 5.25. The van der Waals surface area contributed by atoms with Crippen molar-refractivity contribution >= 4 is 5.82 Å². The number of methoxy groups -OCH3 is 1. The van der Waals surface area contributed by atoms with Gasteiger partial charge in [0.25, 0.3) is 0 Å². The third kappa shape index (κ3) is 2.90. The van der Waals surface area contributed by atoms with Crippen LogP contribution in [-0.2, 0) is 6.54 Å². The molecule has 1 aromatic heterocycles. The third-order valence-corrected chi connectivity index (χ3v) is 3.57. The topological polar surface area (TPSA) is 38.2 Å². The maximum atomic E-state index is 5.17. The van der Waals surface area contributed by atoms with Crippen LogP contribution in [0.15, 0.2) is 36.5 Å². The summed E-state index contributed by atoms with van der Waals surface area (Å²) < 4.78 is 5.17. The van der Waals surface area contributed by atoms with Gasteiger partial charge in [-0.3, -0.25) is 0 Å². The Balaban J connectivity index is 1.71. The maximum absolute atomic E-state index is 5.17. The maximum Gasteiger partial charge on any atom is 0.133 e. The number of anilines is 1. The summed E-state index contributed by atoms with van der Waals surface area (Å²) in [4.78, 5) is 11.2. The predicted octanol–water partition coefficient (Wildman–Crippen LogP) is 3.00. The number of aromatic nitrogens is 2. The smallest absolute Gasteiger partial charge is 0.133 e. The van der Waals surface area contributed by atoms with E-state index in [-0.39, 0.29) is 0 Å². The van der Waals surface area contributed by atoms with Gasteiger partial charge >= 0.3 is 0 Å². The van der Waals surface area contributed by atoms with Gasteiger partial charge in [0.15, 0.2) is 0 Å². The van der Waals surface area contributed by atoms with Crippen molar-refractivity contribution < 1.29 is 4.74 Å². The van der Waals surface area contributed by atoms with Crippen LogP contribution in [-0.4, -0.2) is 24.1 Å². The van der Waals surface area contributed by atoms with Gasteiger partial charge in [-0.05, 0) is 36.6 Å². The molecule has 1 heterocycles. The van der Waals surface area contributed by atoms with Gasteiger partial charge in [-0.25, -0.2) is 9.97 Å². The number of rotatable bonds is 5. The molecule has 0 spiro atoms. The van der Waals surface area contributed by atoms with Crippen LogP contribution in [0.1, 0.15) is 30.1 Å². The fourth-order valence-electron chi connectivity index (χ4n) is 2.20. The minimum atomic E-state index is 0.587. The third-order valence-electron chi connectivity index (χ3n) is 3.57. The molecule has 0 unspecified atom stereocenters. The van der Waals surface area contributed by atoms with Crippen molar-refractivity contribution in [2.45, 2.75) is 25.3 Å². The number of nitrogens with zero attached hydrogens (tertiary/aromatic N) is 3. The average molecular weight is 269 g/mol. The van der Waals surface area contributed by atoms with Crippen molar-refractivity contribution in [3.63, 3.8) is 0 Å². The molecule has 0 saturated heterocycles. The summed E-state index contributed by atoms with van der Waals surface area (Å²) in [5, 5.41) is 0. The number of ether oxygens (including phenoxy) is 1. The molecule has 1 aliphatic rings. The molecular weight excluding hydrogens is 250 g/mol. The number of hydrogen-bond acceptors (Lipinski definition) is 4. The zero-order chi connectivity index (χ0) is 13.9. The molecule has 0 bridgehead atoms. The normalized spacial score (nSPS) is 14.1. The lowest BCUT2D eigenvalue weighted by Crippen LogP contribution is -2.18. The van der Waals surface area contributed by atoms with E-state index in [2.05, 4.69) is 34.0 Å². The quantitative estimate of drug-likeness (QED) is 0.836. The Morgan fingerprint density at radius 1 is 1.20 bits per heavy atom. The van der Waals surface area contributed by atoms with E-state index < -0.39 is 0 Å². The largest absolute Gasteiger partial charge is 0.497 e. The van der Waals surface area contributed by atoms with Crippen LogP contribution in [0.4, 0.5) is 5.82 Å². The van der Waals surface area contributed by atoms with Crippen LogP contribution in [0.2, 0.25) is 0 Å². The molecule has 1 saturated carbocycles. The zero-order valence-corrected chi connectivity index (χ0v) is 11.9. The second kappa shape index (κ2) is 5.49. The van der Waals surface area contributed by atoms with Gasteiger partial charge in [-0.1, -0.05) is 12.1 Å². The van der Waals surface area contributed by atoms with Gasteiger partial charge in [0.05, 0.1) is 7.11 Å². The molecule has 4 nitrogen and oxygen atoms in total. The van der Waals surface area contributed by atoms with Crippen molar-refractivity contribution in [2.24, 2.45) is 0 Å². The van der Waals surface area contributed by atoms with Gasteiger partial charge in [0.1, 0.15) is 17.4 Å². The van der Waals surface area contributed by atoms with E-state index in [0.717, 1.165) is 23.9 Å². The Morgan fingerprint density at radius 2 is 1.95 bits per heavy atom. The molecule has 1 fully saturated rings. The van der Waals surface area contributed by atoms with Gasteiger partial charge in [0, 0.05) is 25.7 Å². The van der Waals surface area contributed by atoms with Crippen molar-refractivity contribution in [3.8, 4) is 5.75 Å². The fourth-order valence-corrected chi connectivity index (χ4v) is 2.20. The van der Waals surface area contributed by atoms with Gasteiger partial charge < -0.3 is 9.64 Å². The molecule has 20 heavy (non-hydrogen) atoms. The Hall–Kier alpha value is -2.10. The second-order valence-corrected chi connectivity index (χ2v) is 5.25. The predicted molar refractivity (Wildman–Crippen MR) is 79.1 cm³/mol. The van der Waals surface area contributed by atoms with E-state index in [1.54, 1.807) is 7.11 Å². The molecule has 104 valence electrons. The van der Waals surface area contributed by atoms with E-state index in [4.69, 9.17) is 4.74 Å². The molecule has 0 aliphatic heterocycles. The molecule has 0 radical (unpaired) electrons. The van der Waals surface area contributed by atoms with E-state index in [1.165, 1.54) is 18.4 Å². The Morgan fingerprint density at radius 3 is 2.60 bits per heavy atom. The Kier molecular flexibility index (Phi) is 3.54. The lowest BCUT2D eigenvalue weighted by molar-refractivity contribution is 0.414. The molecule has 4 heteroatoms. The first kappa shape index (κ1) is 12.9. The van der Waals surface area contributed by atoms with Crippen LogP contribution in [0, 0.1) is 0 Å². The average Bonchev–Trinajstić information content (AvgIpc) is 3.33. The van der Waals surface area contributed by atoms with Crippen molar-refractivity contribution in [3.05, 3.63) is 47.9 Å². The fraction of sp³-hybridized carbons (Fsp3) is 0.375. The van der Waals surface area contributed by atoms with E-state index in [1.807, 2.05) is 24.4 Å². The summed E-state index contributed by atoms with van der Waals surface area (Å²) in [6.45, 7) is 0.825. The van der Waals surface area contributed by atoms with Crippen LogP contribution in [0.5, 0.6) is 5.75 Å². The number of benzene rings is 1. The standard InChI is InChI=1S/C16H19N3O/c1-19(11-12-3-7-14(20-2)8-4-12)15-9-10-17-16(18-15)13-5-6-13/h3-4,7-10,13H,5-6,11H2,1-2H3. The summed E-state index contributed by atoms with van der Waals surface area (Å²) in [6, 6.07) is 10.1. The molecule has 3 rings (SSSR count). The Bertz CT molecular complexity index is 579. The van der Waals surface area contributed by atoms with Gasteiger partial charge in [-0.2, -0.15) is 0 Å². The van der Waals surface area contributed by atoms with Crippen LogP contribution < -0.4 is 9.64 Å². The molecule has 1 aromatic carbocycles. The highest BCUT2D eigenvalue weighted by Gasteiger charge is 2.26. The van der Waals surface area contributed by atoms with E-state index in [0.29, 0.717) is 5.92 Å². The SMILES string of the molecule is COc1ccc(CN(C)c2ccnc(C3CC3)n2)cc1. The summed E-state index contributed by atoms with van der Waals surface area (Å²) >= 11 is 0. The van der Waals surface area contributed by atoms with Crippen LogP contribution in [0.3, 0.4) is 0 Å². The number of hydrogen-bond donors (Lipinski definition) is 0. The molecule has 0 amide bonds. The highest BCUT2D eigenvalue weighted by atomic mass is 16.5. The van der Waals surface area contributed by atoms with Gasteiger partial charge in [-0.15, -0.1) is 0 Å². The molecule has 2 aromatic rings. The molecule has 0 atom stereocenters. The monoisotopic (exact) mass is 269 g/mol. The minimum absolute atomic E-state index is 0.587. The highest BCUT2D eigenvalue weighted by molar-refractivity contribution is 5.39. The first-order chi connectivity index (χ1) is 9.76. The first-order valence-corrected chi connectivity index (χ1v) is 6.93. The molecular formula is C16H19N3O. The summed E-state index contributed by atoms with van der Waals surface area (Å²) in [7, 11) is 3.74. The van der Waals surface area contributed by atoms with E-state index >= 15 is 0 Å². The van der Waals surface area contributed by atoms with Crippen molar-refractivity contribution in [2.75, 3.05) is 19.1 Å². The van der Waals surface area contributed by atoms with E-state index in [9.17, 15) is 0 Å². The van der Waals surface area contributed by atoms with Crippen molar-refractivity contribution in [1.82, 2.24) is 9.97 Å². The summed E-state index contributed by atoms with van der Waals surface area (Å²) in [5.74, 6) is 3.44. The highest BCUT2D eigenvalue weighted by Crippen LogP contribution is 2.38. The van der Waals surface area contributed by atoms with Crippen molar-refractivity contribution in [1.29, 1.82) is 0 Å². The zero-order valence-electron chi connectivity index (χ0n) is 11.9. The van der Waals surface area contributed by atoms with Crippen LogP contribution >= 0.6 is 0 Å². The van der Waals surface area contributed by atoms with Gasteiger partial charge in [0.2, 0.25) is 0 Å². The summed E-state index contributed by atoms with van der Waals surface area (Å²) in [6.07, 6.45) is 4.32. The summed E-state index contributed by atoms with van der Waals surface area (Å²) in [5.41, 5.74) is 1.24. The lowest BCUT2D eigenvalue weighted by Gasteiger charge is -2.18. The van der Waals surface area contributed by atoms with Crippen LogP contribution in [0.25, 0.3) is 0 Å². The first-order valence-electron chi connectivity index (χ1n) is 6.93.